The highest BCUT2D eigenvalue weighted by Crippen LogP contribution is 2.29. The van der Waals surface area contributed by atoms with Crippen LogP contribution >= 0.6 is 0 Å². The van der Waals surface area contributed by atoms with Crippen molar-refractivity contribution in [2.75, 3.05) is 13.1 Å². The van der Waals surface area contributed by atoms with E-state index in [1.54, 1.807) is 18.9 Å². The molecule has 0 radical (unpaired) electrons. The first-order valence-corrected chi connectivity index (χ1v) is 5.89. The predicted octanol–water partition coefficient (Wildman–Crippen LogP) is 0.239. The predicted molar refractivity (Wildman–Crippen MR) is 62.2 cm³/mol. The minimum Gasteiger partial charge on any atom is -0.476 e. The average Bonchev–Trinajstić information content (AvgIpc) is 2.71. The first-order chi connectivity index (χ1) is 8.50. The Kier molecular flexibility index (Phi) is 3.31. The summed E-state index contributed by atoms with van der Waals surface area (Å²) in [5.74, 6) is -0.881. The van der Waals surface area contributed by atoms with Crippen molar-refractivity contribution in [3.05, 3.63) is 11.4 Å². The number of nitrogens with zero attached hydrogens (tertiary/aromatic N) is 4. The third-order valence-corrected chi connectivity index (χ3v) is 3.40. The second-order valence-corrected chi connectivity index (χ2v) is 4.53. The topological polar surface area (TPSA) is 88.3 Å². The van der Waals surface area contributed by atoms with E-state index in [0.29, 0.717) is 18.8 Å². The van der Waals surface area contributed by atoms with Gasteiger partial charge in [0.15, 0.2) is 5.69 Å². The summed E-state index contributed by atoms with van der Waals surface area (Å²) >= 11 is 0. The fourth-order valence-electron chi connectivity index (χ4n) is 2.44. The van der Waals surface area contributed by atoms with Gasteiger partial charge in [0.05, 0.1) is 5.69 Å². The van der Waals surface area contributed by atoms with Gasteiger partial charge in [-0.3, -0.25) is 9.48 Å². The van der Waals surface area contributed by atoms with Crippen LogP contribution in [0.15, 0.2) is 0 Å². The summed E-state index contributed by atoms with van der Waals surface area (Å²) in [6, 6.07) is 0. The number of carboxylic acids is 1. The number of aryl methyl sites for hydroxylation is 1. The zero-order chi connectivity index (χ0) is 13.3. The lowest BCUT2D eigenvalue weighted by molar-refractivity contribution is -0.129. The zero-order valence-electron chi connectivity index (χ0n) is 10.5. The molecule has 7 heteroatoms. The number of hydrogen-bond acceptors (Lipinski definition) is 4. The number of piperidine rings is 1. The van der Waals surface area contributed by atoms with Gasteiger partial charge in [-0.15, -0.1) is 5.10 Å². The fraction of sp³-hybridized carbons (Fsp3) is 0.636. The Balaban J connectivity index is 2.17. The molecule has 0 unspecified atom stereocenters. The summed E-state index contributed by atoms with van der Waals surface area (Å²) in [5, 5.41) is 16.5. The van der Waals surface area contributed by atoms with Crippen LogP contribution in [0, 0.1) is 0 Å². The quantitative estimate of drug-likeness (QED) is 0.814. The highest BCUT2D eigenvalue weighted by Gasteiger charge is 2.29. The van der Waals surface area contributed by atoms with E-state index in [-0.39, 0.29) is 17.5 Å². The molecule has 18 heavy (non-hydrogen) atoms. The Labute approximate surface area is 104 Å². The summed E-state index contributed by atoms with van der Waals surface area (Å²) in [4.78, 5) is 24.1. The number of carboxylic acid groups (broad SMARTS) is 1. The van der Waals surface area contributed by atoms with E-state index in [2.05, 4.69) is 10.3 Å². The molecule has 1 saturated heterocycles. The largest absolute Gasteiger partial charge is 0.476 e. The highest BCUT2D eigenvalue weighted by molar-refractivity contribution is 5.86. The third kappa shape index (κ3) is 2.20. The van der Waals surface area contributed by atoms with Crippen molar-refractivity contribution >= 4 is 11.9 Å². The first kappa shape index (κ1) is 12.5. The number of carbonyl (C=O) groups excluding carboxylic acids is 1. The molecule has 0 saturated carbocycles. The molecule has 1 fully saturated rings. The molecular weight excluding hydrogens is 236 g/mol. The molecule has 1 aliphatic rings. The van der Waals surface area contributed by atoms with Crippen molar-refractivity contribution in [2.24, 2.45) is 7.05 Å². The Morgan fingerprint density at radius 1 is 1.33 bits per heavy atom. The van der Waals surface area contributed by atoms with Crippen LogP contribution in [0.5, 0.6) is 0 Å². The molecule has 1 aromatic rings. The molecule has 1 aliphatic heterocycles. The van der Waals surface area contributed by atoms with Gasteiger partial charge in [-0.05, 0) is 12.8 Å². The Morgan fingerprint density at radius 2 is 1.94 bits per heavy atom. The lowest BCUT2D eigenvalue weighted by atomic mass is 9.92. The number of likely N-dealkylation sites (tertiary alicyclic amines) is 1. The Hall–Kier alpha value is -1.92. The number of rotatable bonds is 2. The molecule has 0 bridgehead atoms. The van der Waals surface area contributed by atoms with Gasteiger partial charge < -0.3 is 10.0 Å². The van der Waals surface area contributed by atoms with Crippen LogP contribution in [0.1, 0.15) is 41.9 Å². The maximum atomic E-state index is 11.2. The van der Waals surface area contributed by atoms with Crippen molar-refractivity contribution in [2.45, 2.75) is 25.7 Å². The van der Waals surface area contributed by atoms with E-state index >= 15 is 0 Å². The minimum atomic E-state index is -1.05. The minimum absolute atomic E-state index is 0.0266. The number of carbonyl (C=O) groups is 2. The van der Waals surface area contributed by atoms with Crippen molar-refractivity contribution in [1.82, 2.24) is 19.9 Å². The van der Waals surface area contributed by atoms with Crippen LogP contribution in [0.3, 0.4) is 0 Å². The average molecular weight is 252 g/mol. The van der Waals surface area contributed by atoms with Gasteiger partial charge >= 0.3 is 5.97 Å². The summed E-state index contributed by atoms with van der Waals surface area (Å²) in [6.07, 6.45) is 1.50. The molecule has 0 spiro atoms. The maximum Gasteiger partial charge on any atom is 0.358 e. The van der Waals surface area contributed by atoms with E-state index in [4.69, 9.17) is 5.11 Å². The van der Waals surface area contributed by atoms with Gasteiger partial charge in [0.2, 0.25) is 5.91 Å². The lowest BCUT2D eigenvalue weighted by Crippen LogP contribution is -2.37. The standard InChI is InChI=1S/C11H16N4O3/c1-7(16)15-5-3-8(4-6-15)10-9(11(17)18)12-13-14(10)2/h8H,3-6H2,1-2H3,(H,17,18). The molecule has 2 heterocycles. The van der Waals surface area contributed by atoms with Crippen LogP contribution < -0.4 is 0 Å². The molecule has 2 rings (SSSR count). The number of hydrogen-bond donors (Lipinski definition) is 1. The smallest absolute Gasteiger partial charge is 0.358 e. The Bertz CT molecular complexity index is 475. The van der Waals surface area contributed by atoms with E-state index in [9.17, 15) is 9.59 Å². The summed E-state index contributed by atoms with van der Waals surface area (Å²) in [7, 11) is 1.70. The zero-order valence-corrected chi connectivity index (χ0v) is 10.5. The van der Waals surface area contributed by atoms with Gasteiger partial charge in [-0.2, -0.15) is 0 Å². The van der Waals surface area contributed by atoms with Crippen molar-refractivity contribution in [3.8, 4) is 0 Å². The van der Waals surface area contributed by atoms with Gasteiger partial charge in [-0.1, -0.05) is 5.21 Å². The van der Waals surface area contributed by atoms with Crippen LogP contribution in [-0.2, 0) is 11.8 Å². The van der Waals surface area contributed by atoms with Gasteiger partial charge in [0.25, 0.3) is 0 Å². The maximum absolute atomic E-state index is 11.2. The molecular formula is C11H16N4O3. The molecule has 1 amide bonds. The Morgan fingerprint density at radius 3 is 2.44 bits per heavy atom. The van der Waals surface area contributed by atoms with Gasteiger partial charge in [-0.25, -0.2) is 4.79 Å². The fourth-order valence-corrected chi connectivity index (χ4v) is 2.44. The monoisotopic (exact) mass is 252 g/mol. The van der Waals surface area contributed by atoms with Gasteiger partial charge in [0, 0.05) is 33.0 Å². The molecule has 0 aromatic carbocycles. The molecule has 0 aliphatic carbocycles. The van der Waals surface area contributed by atoms with Crippen molar-refractivity contribution in [3.63, 3.8) is 0 Å². The van der Waals surface area contributed by atoms with E-state index < -0.39 is 5.97 Å². The number of aromatic nitrogens is 3. The molecule has 7 nitrogen and oxygen atoms in total. The van der Waals surface area contributed by atoms with E-state index in [0.717, 1.165) is 12.8 Å². The summed E-state index contributed by atoms with van der Waals surface area (Å²) in [6.45, 7) is 2.86. The highest BCUT2D eigenvalue weighted by atomic mass is 16.4. The lowest BCUT2D eigenvalue weighted by Gasteiger charge is -2.31. The second-order valence-electron chi connectivity index (χ2n) is 4.53. The van der Waals surface area contributed by atoms with E-state index in [1.807, 2.05) is 0 Å². The summed E-state index contributed by atoms with van der Waals surface area (Å²) in [5.41, 5.74) is 0.685. The molecule has 1 aromatic heterocycles. The third-order valence-electron chi connectivity index (χ3n) is 3.40. The second kappa shape index (κ2) is 4.75. The number of amides is 1. The SMILES string of the molecule is CC(=O)N1CCC(c2c(C(=O)O)nnn2C)CC1. The van der Waals surface area contributed by atoms with Crippen LogP contribution in [0.4, 0.5) is 0 Å². The van der Waals surface area contributed by atoms with Crippen molar-refractivity contribution in [1.29, 1.82) is 0 Å². The molecule has 98 valence electrons. The van der Waals surface area contributed by atoms with Crippen LogP contribution in [-0.4, -0.2) is 50.0 Å². The van der Waals surface area contributed by atoms with Gasteiger partial charge in [0.1, 0.15) is 0 Å². The normalized spacial score (nSPS) is 16.9. The molecule has 0 atom stereocenters. The van der Waals surface area contributed by atoms with Crippen molar-refractivity contribution < 1.29 is 14.7 Å². The number of aromatic carboxylic acids is 1. The van der Waals surface area contributed by atoms with E-state index in [1.165, 1.54) is 4.68 Å². The summed E-state index contributed by atoms with van der Waals surface area (Å²) < 4.78 is 1.53. The first-order valence-electron chi connectivity index (χ1n) is 5.89. The molecule has 1 N–H and O–H groups in total. The van der Waals surface area contributed by atoms with Crippen LogP contribution in [0.2, 0.25) is 0 Å². The van der Waals surface area contributed by atoms with Crippen LogP contribution in [0.25, 0.3) is 0 Å².